The number of hydrogen-bond donors (Lipinski definition) is 0. The van der Waals surface area contributed by atoms with Gasteiger partial charge in [-0.25, -0.2) is 0 Å². The van der Waals surface area contributed by atoms with Crippen LogP contribution in [0.4, 0.5) is 0 Å². The Kier molecular flexibility index (Phi) is 3.16. The molecule has 0 bridgehead atoms. The summed E-state index contributed by atoms with van der Waals surface area (Å²) in [4.78, 5) is 4.31. The molecule has 4 aromatic rings. The standard InChI is InChI=1S/C16H9BrN4O/c17-11-6-4-10(5-7-11)14-16-12(9-22-21-16)15(20-19-14)13-3-1-2-8-18-13/h1-9H. The molecule has 0 saturated heterocycles. The van der Waals surface area contributed by atoms with Crippen LogP contribution in [0.2, 0.25) is 0 Å². The molecule has 106 valence electrons. The number of halogens is 1. The number of aromatic nitrogens is 4. The van der Waals surface area contributed by atoms with Crippen molar-refractivity contribution in [2.75, 3.05) is 0 Å². The molecule has 0 spiro atoms. The first-order valence-electron chi connectivity index (χ1n) is 6.61. The highest BCUT2D eigenvalue weighted by atomic mass is 79.9. The Balaban J connectivity index is 1.93. The summed E-state index contributed by atoms with van der Waals surface area (Å²) in [6.07, 6.45) is 3.30. The first-order valence-corrected chi connectivity index (χ1v) is 7.40. The van der Waals surface area contributed by atoms with Crippen LogP contribution in [0.25, 0.3) is 33.5 Å². The van der Waals surface area contributed by atoms with Crippen LogP contribution in [0.3, 0.4) is 0 Å². The van der Waals surface area contributed by atoms with E-state index in [4.69, 9.17) is 4.52 Å². The van der Waals surface area contributed by atoms with Gasteiger partial charge in [0.05, 0.1) is 11.1 Å². The number of nitrogens with zero attached hydrogens (tertiary/aromatic N) is 4. The Labute approximate surface area is 134 Å². The van der Waals surface area contributed by atoms with E-state index in [0.717, 1.165) is 21.1 Å². The fourth-order valence-electron chi connectivity index (χ4n) is 2.27. The third-order valence-corrected chi connectivity index (χ3v) is 3.85. The van der Waals surface area contributed by atoms with E-state index in [-0.39, 0.29) is 0 Å². The van der Waals surface area contributed by atoms with Crippen molar-refractivity contribution in [2.24, 2.45) is 0 Å². The molecule has 4 rings (SSSR count). The molecule has 0 atom stereocenters. The van der Waals surface area contributed by atoms with E-state index in [9.17, 15) is 0 Å². The lowest BCUT2D eigenvalue weighted by Crippen LogP contribution is -1.95. The highest BCUT2D eigenvalue weighted by Gasteiger charge is 2.16. The maximum absolute atomic E-state index is 5.15. The first kappa shape index (κ1) is 13.1. The van der Waals surface area contributed by atoms with Gasteiger partial charge in [-0.3, -0.25) is 4.98 Å². The number of pyridine rings is 1. The average molecular weight is 353 g/mol. The van der Waals surface area contributed by atoms with Gasteiger partial charge < -0.3 is 4.52 Å². The van der Waals surface area contributed by atoms with Crippen LogP contribution in [-0.2, 0) is 0 Å². The predicted octanol–water partition coefficient (Wildman–Crippen LogP) is 4.11. The Hall–Kier alpha value is -2.60. The monoisotopic (exact) mass is 352 g/mol. The summed E-state index contributed by atoms with van der Waals surface area (Å²) in [7, 11) is 0. The molecular weight excluding hydrogens is 344 g/mol. The van der Waals surface area contributed by atoms with Crippen molar-refractivity contribution in [3.8, 4) is 22.6 Å². The fourth-order valence-corrected chi connectivity index (χ4v) is 2.54. The molecule has 3 aromatic heterocycles. The van der Waals surface area contributed by atoms with E-state index in [1.165, 1.54) is 0 Å². The second-order valence-electron chi connectivity index (χ2n) is 4.70. The Morgan fingerprint density at radius 3 is 2.50 bits per heavy atom. The zero-order valence-electron chi connectivity index (χ0n) is 11.3. The maximum atomic E-state index is 5.15. The lowest BCUT2D eigenvalue weighted by atomic mass is 10.1. The van der Waals surface area contributed by atoms with Crippen molar-refractivity contribution in [1.82, 2.24) is 20.3 Å². The minimum Gasteiger partial charge on any atom is -0.363 e. The summed E-state index contributed by atoms with van der Waals surface area (Å²) in [5.74, 6) is 0. The van der Waals surface area contributed by atoms with E-state index in [1.807, 2.05) is 42.5 Å². The zero-order chi connectivity index (χ0) is 14.9. The van der Waals surface area contributed by atoms with Crippen molar-refractivity contribution < 1.29 is 4.52 Å². The molecule has 3 heterocycles. The van der Waals surface area contributed by atoms with Gasteiger partial charge in [-0.1, -0.05) is 39.3 Å². The van der Waals surface area contributed by atoms with Gasteiger partial charge in [0.15, 0.2) is 0 Å². The van der Waals surface area contributed by atoms with Gasteiger partial charge in [-0.15, -0.1) is 10.2 Å². The summed E-state index contributed by atoms with van der Waals surface area (Å²) in [6.45, 7) is 0. The minimum atomic E-state index is 0.665. The van der Waals surface area contributed by atoms with Crippen molar-refractivity contribution in [3.05, 3.63) is 59.4 Å². The molecule has 0 amide bonds. The Morgan fingerprint density at radius 1 is 0.909 bits per heavy atom. The molecule has 6 heteroatoms. The lowest BCUT2D eigenvalue weighted by molar-refractivity contribution is 0.428. The van der Waals surface area contributed by atoms with E-state index >= 15 is 0 Å². The van der Waals surface area contributed by atoms with Crippen LogP contribution in [-0.4, -0.2) is 20.3 Å². The van der Waals surface area contributed by atoms with Crippen LogP contribution in [0.5, 0.6) is 0 Å². The van der Waals surface area contributed by atoms with Crippen molar-refractivity contribution in [1.29, 1.82) is 0 Å². The van der Waals surface area contributed by atoms with Gasteiger partial charge in [-0.2, -0.15) is 0 Å². The van der Waals surface area contributed by atoms with Crippen LogP contribution in [0.1, 0.15) is 0 Å². The summed E-state index contributed by atoms with van der Waals surface area (Å²) in [5.41, 5.74) is 3.71. The quantitative estimate of drug-likeness (QED) is 0.543. The third kappa shape index (κ3) is 2.17. The molecule has 0 fully saturated rings. The van der Waals surface area contributed by atoms with Crippen molar-refractivity contribution >= 4 is 26.8 Å². The molecule has 0 aliphatic heterocycles. The van der Waals surface area contributed by atoms with Crippen molar-refractivity contribution in [3.63, 3.8) is 0 Å². The van der Waals surface area contributed by atoms with Crippen LogP contribution in [0.15, 0.2) is 63.9 Å². The molecule has 0 saturated carbocycles. The Morgan fingerprint density at radius 2 is 1.73 bits per heavy atom. The van der Waals surface area contributed by atoms with Crippen LogP contribution in [0, 0.1) is 0 Å². The summed E-state index contributed by atoms with van der Waals surface area (Å²) >= 11 is 3.42. The molecule has 0 unspecified atom stereocenters. The smallest absolute Gasteiger partial charge is 0.144 e. The molecule has 0 N–H and O–H groups in total. The highest BCUT2D eigenvalue weighted by molar-refractivity contribution is 9.10. The second kappa shape index (κ2) is 5.31. The summed E-state index contributed by atoms with van der Waals surface area (Å²) < 4.78 is 6.15. The average Bonchev–Trinajstić information content (AvgIpc) is 3.05. The molecular formula is C16H9BrN4O. The molecule has 0 aliphatic carbocycles. The van der Waals surface area contributed by atoms with Gasteiger partial charge in [0.2, 0.25) is 0 Å². The summed E-state index contributed by atoms with van der Waals surface area (Å²) in [5, 5.41) is 13.5. The van der Waals surface area contributed by atoms with E-state index in [2.05, 4.69) is 36.3 Å². The van der Waals surface area contributed by atoms with Gasteiger partial charge in [0, 0.05) is 16.2 Å². The number of fused-ring (bicyclic) bond motifs is 1. The first-order chi connectivity index (χ1) is 10.8. The molecule has 0 radical (unpaired) electrons. The summed E-state index contributed by atoms with van der Waals surface area (Å²) in [6, 6.07) is 13.5. The largest absolute Gasteiger partial charge is 0.363 e. The molecule has 5 nitrogen and oxygen atoms in total. The SMILES string of the molecule is Brc1ccc(-c2nnc(-c3ccccn3)c3conc23)cc1. The zero-order valence-corrected chi connectivity index (χ0v) is 12.9. The van der Waals surface area contributed by atoms with Crippen LogP contribution >= 0.6 is 15.9 Å². The highest BCUT2D eigenvalue weighted by Crippen LogP contribution is 2.30. The second-order valence-corrected chi connectivity index (χ2v) is 5.61. The topological polar surface area (TPSA) is 64.7 Å². The third-order valence-electron chi connectivity index (χ3n) is 3.32. The van der Waals surface area contributed by atoms with Gasteiger partial charge in [0.25, 0.3) is 0 Å². The number of rotatable bonds is 2. The van der Waals surface area contributed by atoms with E-state index in [1.54, 1.807) is 12.5 Å². The molecule has 22 heavy (non-hydrogen) atoms. The minimum absolute atomic E-state index is 0.665. The number of hydrogen-bond acceptors (Lipinski definition) is 5. The lowest BCUT2D eigenvalue weighted by Gasteiger charge is -2.04. The van der Waals surface area contributed by atoms with Crippen molar-refractivity contribution in [2.45, 2.75) is 0 Å². The van der Waals surface area contributed by atoms with Crippen LogP contribution < -0.4 is 0 Å². The predicted molar refractivity (Wildman–Crippen MR) is 86.0 cm³/mol. The number of benzene rings is 1. The maximum Gasteiger partial charge on any atom is 0.144 e. The molecule has 1 aromatic carbocycles. The molecule has 0 aliphatic rings. The van der Waals surface area contributed by atoms with E-state index in [0.29, 0.717) is 16.9 Å². The van der Waals surface area contributed by atoms with Gasteiger partial charge in [-0.05, 0) is 24.3 Å². The Bertz CT molecular complexity index is 935. The van der Waals surface area contributed by atoms with E-state index < -0.39 is 0 Å². The fraction of sp³-hybridized carbons (Fsp3) is 0. The normalized spacial score (nSPS) is 11.0. The van der Waals surface area contributed by atoms with Gasteiger partial charge >= 0.3 is 0 Å². The van der Waals surface area contributed by atoms with Gasteiger partial charge in [0.1, 0.15) is 23.2 Å².